The van der Waals surface area contributed by atoms with Crippen molar-refractivity contribution in [2.75, 3.05) is 0 Å². The molecule has 1 aromatic carbocycles. The van der Waals surface area contributed by atoms with E-state index in [0.717, 1.165) is 48.6 Å². The van der Waals surface area contributed by atoms with Gasteiger partial charge < -0.3 is 4.74 Å². The number of non-ortho nitro benzene ring substituents is 2. The molecule has 0 amide bonds. The fourth-order valence-corrected chi connectivity index (χ4v) is 5.03. The molecule has 1 fully saturated rings. The first kappa shape index (κ1) is 21.7. The molecule has 1 aromatic rings. The molecule has 2 atom stereocenters. The van der Waals surface area contributed by atoms with Crippen LogP contribution in [0.1, 0.15) is 63.2 Å². The highest BCUT2D eigenvalue weighted by Crippen LogP contribution is 2.60. The highest BCUT2D eigenvalue weighted by Gasteiger charge is 2.55. The van der Waals surface area contributed by atoms with Crippen molar-refractivity contribution in [3.8, 4) is 0 Å². The zero-order valence-corrected chi connectivity index (χ0v) is 17.5. The molecule has 8 nitrogen and oxygen atoms in total. The number of hydrogen-bond acceptors (Lipinski definition) is 6. The fourth-order valence-electron chi connectivity index (χ4n) is 5.03. The van der Waals surface area contributed by atoms with Gasteiger partial charge in [0.15, 0.2) is 0 Å². The second-order valence-corrected chi connectivity index (χ2v) is 8.92. The molecular formula is C22H26N2O6. The summed E-state index contributed by atoms with van der Waals surface area (Å²) >= 11 is 0. The number of nitro groups is 2. The maximum absolute atomic E-state index is 13.0. The third-order valence-corrected chi connectivity index (χ3v) is 6.76. The van der Waals surface area contributed by atoms with Crippen LogP contribution >= 0.6 is 0 Å². The van der Waals surface area contributed by atoms with Gasteiger partial charge in [-0.1, -0.05) is 37.6 Å². The zero-order chi connectivity index (χ0) is 22.3. The number of rotatable bonds is 4. The zero-order valence-electron chi connectivity index (χ0n) is 17.5. The molecule has 3 rings (SSSR count). The number of allylic oxidation sites excluding steroid dienone is 1. The van der Waals surface area contributed by atoms with E-state index in [9.17, 15) is 25.0 Å². The summed E-state index contributed by atoms with van der Waals surface area (Å²) in [5, 5.41) is 22.3. The van der Waals surface area contributed by atoms with Crippen LogP contribution in [0.3, 0.4) is 0 Å². The standard InChI is InChI=1S/C22H26N2O6/c1-14-7-9-22(15(2)6-5-8-21(22,3)4)19(10-14)30-20(25)16-11-17(23(26)27)13-18(12-16)24(28)29/h7,11-13,19H,2,5-6,8-10H2,1,3-4H3/t19-,22+/m0/s1. The van der Waals surface area contributed by atoms with Crippen LogP contribution in [0.5, 0.6) is 0 Å². The van der Waals surface area contributed by atoms with Crippen LogP contribution < -0.4 is 0 Å². The molecule has 0 heterocycles. The van der Waals surface area contributed by atoms with Crippen molar-refractivity contribution in [2.45, 2.75) is 59.0 Å². The van der Waals surface area contributed by atoms with E-state index < -0.39 is 38.7 Å². The Kier molecular flexibility index (Phi) is 5.54. The van der Waals surface area contributed by atoms with Gasteiger partial charge in [-0.2, -0.15) is 0 Å². The Balaban J connectivity index is 2.00. The van der Waals surface area contributed by atoms with E-state index in [4.69, 9.17) is 4.74 Å². The number of ether oxygens (including phenoxy) is 1. The average molecular weight is 414 g/mol. The molecule has 160 valence electrons. The second kappa shape index (κ2) is 7.66. The third kappa shape index (κ3) is 3.62. The molecular weight excluding hydrogens is 388 g/mol. The van der Waals surface area contributed by atoms with E-state index in [1.807, 2.05) is 6.92 Å². The first-order valence-corrected chi connectivity index (χ1v) is 9.97. The van der Waals surface area contributed by atoms with Gasteiger partial charge in [-0.3, -0.25) is 20.2 Å². The predicted octanol–water partition coefficient (Wildman–Crippen LogP) is 5.52. The minimum atomic E-state index is -0.796. The van der Waals surface area contributed by atoms with E-state index in [2.05, 4.69) is 26.5 Å². The van der Waals surface area contributed by atoms with Gasteiger partial charge in [-0.25, -0.2) is 4.79 Å². The molecule has 0 unspecified atom stereocenters. The van der Waals surface area contributed by atoms with E-state index >= 15 is 0 Å². The van der Waals surface area contributed by atoms with Gasteiger partial charge in [0.05, 0.1) is 21.5 Å². The number of hydrogen-bond donors (Lipinski definition) is 0. The van der Waals surface area contributed by atoms with Crippen LogP contribution in [0.2, 0.25) is 0 Å². The van der Waals surface area contributed by atoms with Crippen molar-refractivity contribution in [3.05, 3.63) is 67.8 Å². The quantitative estimate of drug-likeness (QED) is 0.277. The van der Waals surface area contributed by atoms with Gasteiger partial charge in [0.25, 0.3) is 11.4 Å². The minimum Gasteiger partial charge on any atom is -0.457 e. The minimum absolute atomic E-state index is 0.154. The molecule has 0 aliphatic heterocycles. The molecule has 2 aliphatic carbocycles. The largest absolute Gasteiger partial charge is 0.457 e. The lowest BCUT2D eigenvalue weighted by Gasteiger charge is -2.56. The number of nitrogens with zero attached hydrogens (tertiary/aromatic N) is 2. The summed E-state index contributed by atoms with van der Waals surface area (Å²) in [4.78, 5) is 33.8. The van der Waals surface area contributed by atoms with E-state index in [1.54, 1.807) is 0 Å². The number of esters is 1. The highest BCUT2D eigenvalue weighted by atomic mass is 16.6. The van der Waals surface area contributed by atoms with Crippen molar-refractivity contribution < 1.29 is 19.4 Å². The topological polar surface area (TPSA) is 113 Å². The van der Waals surface area contributed by atoms with Crippen LogP contribution in [0.4, 0.5) is 11.4 Å². The highest BCUT2D eigenvalue weighted by molar-refractivity contribution is 5.91. The van der Waals surface area contributed by atoms with E-state index in [1.165, 1.54) is 0 Å². The maximum Gasteiger partial charge on any atom is 0.338 e. The lowest BCUT2D eigenvalue weighted by Crippen LogP contribution is -2.53. The summed E-state index contributed by atoms with van der Waals surface area (Å²) in [6.45, 7) is 10.6. The van der Waals surface area contributed by atoms with Crippen molar-refractivity contribution in [1.29, 1.82) is 0 Å². The van der Waals surface area contributed by atoms with Gasteiger partial charge in [0, 0.05) is 24.0 Å². The summed E-state index contributed by atoms with van der Waals surface area (Å²) in [5.74, 6) is -0.796. The molecule has 1 spiro atoms. The molecule has 30 heavy (non-hydrogen) atoms. The first-order chi connectivity index (χ1) is 14.0. The predicted molar refractivity (Wildman–Crippen MR) is 111 cm³/mol. The number of carbonyl (C=O) groups is 1. The van der Waals surface area contributed by atoms with Crippen molar-refractivity contribution in [2.24, 2.45) is 10.8 Å². The molecule has 0 saturated heterocycles. The van der Waals surface area contributed by atoms with Crippen LogP contribution in [-0.4, -0.2) is 21.9 Å². The normalized spacial score (nSPS) is 25.5. The third-order valence-electron chi connectivity index (χ3n) is 6.76. The first-order valence-electron chi connectivity index (χ1n) is 9.97. The molecule has 0 aromatic heterocycles. The Morgan fingerprint density at radius 3 is 2.30 bits per heavy atom. The lowest BCUT2D eigenvalue weighted by molar-refractivity contribution is -0.394. The van der Waals surface area contributed by atoms with Gasteiger partial charge in [0.1, 0.15) is 6.10 Å². The Bertz CT molecular complexity index is 932. The second-order valence-electron chi connectivity index (χ2n) is 8.92. The Morgan fingerprint density at radius 2 is 1.77 bits per heavy atom. The molecule has 8 heteroatoms. The molecule has 0 radical (unpaired) electrons. The maximum atomic E-state index is 13.0. The number of benzene rings is 1. The Labute approximate surface area is 174 Å². The van der Waals surface area contributed by atoms with Crippen molar-refractivity contribution in [1.82, 2.24) is 0 Å². The summed E-state index contributed by atoms with van der Waals surface area (Å²) in [6.07, 6.45) is 5.76. The SMILES string of the molecule is C=C1CCCC(C)(C)[C@]12CC=C(C)C[C@@H]2OC(=O)c1cc([N+](=O)[O-])cc([N+](=O)[O-])c1. The Hall–Kier alpha value is -3.03. The van der Waals surface area contributed by atoms with Crippen molar-refractivity contribution >= 4 is 17.3 Å². The van der Waals surface area contributed by atoms with Gasteiger partial charge in [-0.15, -0.1) is 0 Å². The smallest absolute Gasteiger partial charge is 0.338 e. The lowest BCUT2D eigenvalue weighted by atomic mass is 9.50. The van der Waals surface area contributed by atoms with Gasteiger partial charge in [0.2, 0.25) is 0 Å². The molecule has 0 bridgehead atoms. The molecule has 2 aliphatic rings. The van der Waals surface area contributed by atoms with Crippen molar-refractivity contribution in [3.63, 3.8) is 0 Å². The van der Waals surface area contributed by atoms with E-state index in [0.29, 0.717) is 12.8 Å². The van der Waals surface area contributed by atoms with Crippen LogP contribution in [-0.2, 0) is 4.74 Å². The molecule has 1 saturated carbocycles. The Morgan fingerprint density at radius 1 is 1.17 bits per heavy atom. The van der Waals surface area contributed by atoms with Crippen LogP contribution in [0.15, 0.2) is 42.0 Å². The van der Waals surface area contributed by atoms with Gasteiger partial charge in [-0.05, 0) is 38.0 Å². The average Bonchev–Trinajstić information content (AvgIpc) is 2.66. The summed E-state index contributed by atoms with van der Waals surface area (Å²) in [6, 6.07) is 2.88. The monoisotopic (exact) mass is 414 g/mol. The summed E-state index contributed by atoms with van der Waals surface area (Å²) in [7, 11) is 0. The summed E-state index contributed by atoms with van der Waals surface area (Å²) < 4.78 is 5.93. The fraction of sp³-hybridized carbons (Fsp3) is 0.500. The van der Waals surface area contributed by atoms with Gasteiger partial charge >= 0.3 is 5.97 Å². The van der Waals surface area contributed by atoms with Crippen LogP contribution in [0, 0.1) is 31.1 Å². The molecule has 0 N–H and O–H groups in total. The number of nitro benzene ring substituents is 2. The number of carbonyl (C=O) groups excluding carboxylic acids is 1. The van der Waals surface area contributed by atoms with E-state index in [-0.39, 0.29) is 11.0 Å². The van der Waals surface area contributed by atoms with Crippen LogP contribution in [0.25, 0.3) is 0 Å². The summed E-state index contributed by atoms with van der Waals surface area (Å²) in [5.41, 5.74) is 0.313.